The summed E-state index contributed by atoms with van der Waals surface area (Å²) in [5.74, 6) is -0.264. The van der Waals surface area contributed by atoms with Crippen LogP contribution in [0.5, 0.6) is 0 Å². The average molecular weight is 289 g/mol. The van der Waals surface area contributed by atoms with Gasteiger partial charge in [0.2, 0.25) is 0 Å². The van der Waals surface area contributed by atoms with Crippen LogP contribution in [0, 0.1) is 5.82 Å². The quantitative estimate of drug-likeness (QED) is 0.593. The van der Waals surface area contributed by atoms with Gasteiger partial charge in [-0.25, -0.2) is 4.39 Å². The Morgan fingerprint density at radius 1 is 0.909 bits per heavy atom. The van der Waals surface area contributed by atoms with Gasteiger partial charge in [0.15, 0.2) is 0 Å². The number of rotatable bonds is 2. The molecule has 0 spiro atoms. The summed E-state index contributed by atoms with van der Waals surface area (Å²) in [5, 5.41) is 8.01. The Kier molecular flexibility index (Phi) is 2.93. The minimum absolute atomic E-state index is 0.264. The van der Waals surface area contributed by atoms with Crippen molar-refractivity contribution >= 4 is 10.9 Å². The summed E-state index contributed by atoms with van der Waals surface area (Å²) in [6, 6.07) is 16.4. The highest BCUT2D eigenvalue weighted by molar-refractivity contribution is 5.88. The van der Waals surface area contributed by atoms with Crippen LogP contribution in [-0.2, 0) is 0 Å². The maximum atomic E-state index is 13.5. The Labute approximate surface area is 126 Å². The molecule has 0 aliphatic carbocycles. The lowest BCUT2D eigenvalue weighted by Crippen LogP contribution is -1.89. The van der Waals surface area contributed by atoms with E-state index in [1.807, 2.05) is 30.3 Å². The number of benzene rings is 2. The number of H-pyrrole nitrogens is 1. The van der Waals surface area contributed by atoms with Gasteiger partial charge in [-0.2, -0.15) is 5.10 Å². The zero-order valence-electron chi connectivity index (χ0n) is 11.6. The zero-order chi connectivity index (χ0) is 14.9. The van der Waals surface area contributed by atoms with Crippen LogP contribution < -0.4 is 0 Å². The van der Waals surface area contributed by atoms with Gasteiger partial charge in [-0.15, -0.1) is 0 Å². The smallest absolute Gasteiger partial charge is 0.123 e. The minimum atomic E-state index is -0.264. The van der Waals surface area contributed by atoms with Crippen molar-refractivity contribution in [3.63, 3.8) is 0 Å². The predicted molar refractivity (Wildman–Crippen MR) is 84.7 cm³/mol. The van der Waals surface area contributed by atoms with Gasteiger partial charge in [0.25, 0.3) is 0 Å². The first kappa shape index (κ1) is 12.7. The van der Waals surface area contributed by atoms with Crippen LogP contribution in [0.15, 0.2) is 67.0 Å². The number of hydrogen-bond donors (Lipinski definition) is 1. The lowest BCUT2D eigenvalue weighted by Gasteiger charge is -2.09. The molecule has 0 aliphatic rings. The lowest BCUT2D eigenvalue weighted by atomic mass is 9.98. The van der Waals surface area contributed by atoms with E-state index >= 15 is 0 Å². The summed E-state index contributed by atoms with van der Waals surface area (Å²) in [5.41, 5.74) is 4.52. The normalized spacial score (nSPS) is 11.0. The molecule has 0 amide bonds. The predicted octanol–water partition coefficient (Wildman–Crippen LogP) is 4.43. The van der Waals surface area contributed by atoms with E-state index < -0.39 is 0 Å². The van der Waals surface area contributed by atoms with E-state index in [0.717, 1.165) is 33.3 Å². The Morgan fingerprint density at radius 2 is 1.86 bits per heavy atom. The Hall–Kier alpha value is -3.01. The summed E-state index contributed by atoms with van der Waals surface area (Å²) in [4.78, 5) is 4.44. The lowest BCUT2D eigenvalue weighted by molar-refractivity contribution is 0.628. The van der Waals surface area contributed by atoms with Crippen molar-refractivity contribution in [1.82, 2.24) is 15.2 Å². The molecule has 4 heteroatoms. The number of pyridine rings is 1. The Bertz CT molecular complexity index is 959. The van der Waals surface area contributed by atoms with Gasteiger partial charge in [0.1, 0.15) is 5.82 Å². The fourth-order valence-corrected chi connectivity index (χ4v) is 2.61. The van der Waals surface area contributed by atoms with Crippen molar-refractivity contribution in [2.24, 2.45) is 0 Å². The molecule has 0 unspecified atom stereocenters. The van der Waals surface area contributed by atoms with E-state index in [9.17, 15) is 4.39 Å². The molecule has 2 aromatic carbocycles. The van der Waals surface area contributed by atoms with Gasteiger partial charge in [0.05, 0.1) is 17.4 Å². The van der Waals surface area contributed by atoms with Gasteiger partial charge in [0, 0.05) is 22.7 Å². The fourth-order valence-electron chi connectivity index (χ4n) is 2.61. The first-order valence-corrected chi connectivity index (χ1v) is 6.96. The first-order valence-electron chi connectivity index (χ1n) is 6.96. The molecule has 0 aliphatic heterocycles. The molecule has 0 bridgehead atoms. The first-order chi connectivity index (χ1) is 10.8. The third-order valence-corrected chi connectivity index (χ3v) is 3.66. The fraction of sp³-hybridized carbons (Fsp3) is 0. The number of aromatic nitrogens is 3. The second kappa shape index (κ2) is 5.07. The molecule has 0 fully saturated rings. The van der Waals surface area contributed by atoms with Crippen LogP contribution in [0.25, 0.3) is 33.3 Å². The number of nitrogens with one attached hydrogen (secondary N) is 1. The van der Waals surface area contributed by atoms with E-state index in [1.54, 1.807) is 18.5 Å². The van der Waals surface area contributed by atoms with Gasteiger partial charge >= 0.3 is 0 Å². The van der Waals surface area contributed by atoms with E-state index in [2.05, 4.69) is 21.2 Å². The number of hydrogen-bond acceptors (Lipinski definition) is 2. The summed E-state index contributed by atoms with van der Waals surface area (Å²) in [7, 11) is 0. The van der Waals surface area contributed by atoms with Crippen molar-refractivity contribution in [2.45, 2.75) is 0 Å². The number of aromatic amines is 1. The molecule has 22 heavy (non-hydrogen) atoms. The second-order valence-electron chi connectivity index (χ2n) is 5.08. The van der Waals surface area contributed by atoms with Crippen LogP contribution in [0.2, 0.25) is 0 Å². The molecule has 0 saturated heterocycles. The highest BCUT2D eigenvalue weighted by Gasteiger charge is 2.10. The molecule has 0 atom stereocenters. The van der Waals surface area contributed by atoms with Crippen molar-refractivity contribution in [3.05, 3.63) is 72.8 Å². The highest BCUT2D eigenvalue weighted by Crippen LogP contribution is 2.31. The Balaban J connectivity index is 1.92. The largest absolute Gasteiger partial charge is 0.278 e. The van der Waals surface area contributed by atoms with E-state index in [-0.39, 0.29) is 5.82 Å². The third kappa shape index (κ3) is 2.15. The van der Waals surface area contributed by atoms with Crippen LogP contribution in [0.4, 0.5) is 4.39 Å². The van der Waals surface area contributed by atoms with E-state index in [1.165, 1.54) is 12.1 Å². The highest BCUT2D eigenvalue weighted by atomic mass is 19.1. The van der Waals surface area contributed by atoms with Gasteiger partial charge < -0.3 is 0 Å². The average Bonchev–Trinajstić information content (AvgIpc) is 3.02. The number of halogens is 1. The molecular weight excluding hydrogens is 277 g/mol. The van der Waals surface area contributed by atoms with E-state index in [4.69, 9.17) is 0 Å². The maximum Gasteiger partial charge on any atom is 0.123 e. The Morgan fingerprint density at radius 3 is 2.77 bits per heavy atom. The summed E-state index contributed by atoms with van der Waals surface area (Å²) < 4.78 is 13.5. The minimum Gasteiger partial charge on any atom is -0.278 e. The summed E-state index contributed by atoms with van der Waals surface area (Å²) in [6.45, 7) is 0. The zero-order valence-corrected chi connectivity index (χ0v) is 11.6. The van der Waals surface area contributed by atoms with Crippen LogP contribution >= 0.6 is 0 Å². The van der Waals surface area contributed by atoms with Gasteiger partial charge in [-0.05, 0) is 35.9 Å². The van der Waals surface area contributed by atoms with Crippen LogP contribution in [-0.4, -0.2) is 15.2 Å². The van der Waals surface area contributed by atoms with Crippen molar-refractivity contribution < 1.29 is 4.39 Å². The number of nitrogens with zero attached hydrogens (tertiary/aromatic N) is 2. The van der Waals surface area contributed by atoms with Gasteiger partial charge in [-0.1, -0.05) is 24.3 Å². The molecule has 2 aromatic heterocycles. The molecule has 4 aromatic rings. The number of fused-ring (bicyclic) bond motifs is 1. The van der Waals surface area contributed by atoms with E-state index in [0.29, 0.717) is 0 Å². The monoisotopic (exact) mass is 289 g/mol. The molecule has 1 N–H and O–H groups in total. The molecule has 2 heterocycles. The molecular formula is C18H12FN3. The maximum absolute atomic E-state index is 13.5. The van der Waals surface area contributed by atoms with Crippen LogP contribution in [0.3, 0.4) is 0 Å². The molecule has 0 radical (unpaired) electrons. The molecule has 3 nitrogen and oxygen atoms in total. The SMILES string of the molecule is Fc1cccc(-c2ncccc2-c2ccc3[nH]ncc3c2)c1. The standard InChI is InChI=1S/C18H12FN3/c19-15-4-1-3-13(10-15)18-16(5-2-8-20-18)12-6-7-17-14(9-12)11-21-22-17/h1-11H,(H,21,22). The van der Waals surface area contributed by atoms with Crippen molar-refractivity contribution in [3.8, 4) is 22.4 Å². The summed E-state index contributed by atoms with van der Waals surface area (Å²) >= 11 is 0. The molecule has 106 valence electrons. The molecule has 4 rings (SSSR count). The second-order valence-corrected chi connectivity index (χ2v) is 5.08. The van der Waals surface area contributed by atoms with Crippen LogP contribution in [0.1, 0.15) is 0 Å². The van der Waals surface area contributed by atoms with Crippen molar-refractivity contribution in [2.75, 3.05) is 0 Å². The van der Waals surface area contributed by atoms with Gasteiger partial charge in [-0.3, -0.25) is 10.1 Å². The van der Waals surface area contributed by atoms with Crippen molar-refractivity contribution in [1.29, 1.82) is 0 Å². The summed E-state index contributed by atoms with van der Waals surface area (Å²) in [6.07, 6.45) is 3.51. The molecule has 0 saturated carbocycles. The topological polar surface area (TPSA) is 41.6 Å². The third-order valence-electron chi connectivity index (χ3n) is 3.66.